The highest BCUT2D eigenvalue weighted by Crippen LogP contribution is 2.15. The van der Waals surface area contributed by atoms with Gasteiger partial charge in [-0.3, -0.25) is 4.79 Å². The Bertz CT molecular complexity index is 416. The number of carbonyl (C=O) groups is 1. The maximum absolute atomic E-state index is 12.3. The van der Waals surface area contributed by atoms with E-state index >= 15 is 0 Å². The van der Waals surface area contributed by atoms with Gasteiger partial charge in [-0.1, -0.05) is 6.07 Å². The summed E-state index contributed by atoms with van der Waals surface area (Å²) >= 11 is 0. The molecule has 0 spiro atoms. The van der Waals surface area contributed by atoms with Crippen molar-refractivity contribution in [3.8, 4) is 0 Å². The molecule has 0 aliphatic carbocycles. The summed E-state index contributed by atoms with van der Waals surface area (Å²) in [5.74, 6) is 0.681. The molecule has 1 N–H and O–H groups in total. The molecule has 0 atom stereocenters. The van der Waals surface area contributed by atoms with Crippen LogP contribution in [0.1, 0.15) is 23.3 Å². The summed E-state index contributed by atoms with van der Waals surface area (Å²) in [6.07, 6.45) is 1.79. The van der Waals surface area contributed by atoms with Crippen molar-refractivity contribution < 1.29 is 9.53 Å². The van der Waals surface area contributed by atoms with Crippen LogP contribution in [0, 0.1) is 0 Å². The molecule has 2 rings (SSSR count). The molecule has 98 valence electrons. The number of hydrogen-bond acceptors (Lipinski definition) is 4. The summed E-state index contributed by atoms with van der Waals surface area (Å²) < 4.78 is 5.31. The van der Waals surface area contributed by atoms with Crippen molar-refractivity contribution in [3.05, 3.63) is 23.9 Å². The van der Waals surface area contributed by atoms with Crippen molar-refractivity contribution in [1.82, 2.24) is 9.88 Å². The first kappa shape index (κ1) is 12.8. The average molecular weight is 249 g/mol. The quantitative estimate of drug-likeness (QED) is 0.879. The number of amides is 1. The molecule has 0 saturated carbocycles. The van der Waals surface area contributed by atoms with Gasteiger partial charge in [-0.05, 0) is 25.0 Å². The van der Waals surface area contributed by atoms with Gasteiger partial charge in [0.2, 0.25) is 0 Å². The van der Waals surface area contributed by atoms with Crippen LogP contribution >= 0.6 is 0 Å². The van der Waals surface area contributed by atoms with Gasteiger partial charge in [0, 0.05) is 33.4 Å². The monoisotopic (exact) mass is 249 g/mol. The van der Waals surface area contributed by atoms with E-state index in [4.69, 9.17) is 4.74 Å². The normalized spacial score (nSPS) is 16.3. The van der Waals surface area contributed by atoms with E-state index in [1.54, 1.807) is 18.0 Å². The van der Waals surface area contributed by atoms with Gasteiger partial charge in [-0.2, -0.15) is 0 Å². The molecule has 1 saturated heterocycles. The second-order valence-electron chi connectivity index (χ2n) is 4.42. The molecule has 1 aliphatic heterocycles. The van der Waals surface area contributed by atoms with E-state index in [-0.39, 0.29) is 11.9 Å². The molecule has 1 fully saturated rings. The SMILES string of the molecule is CNc1cccc(C(=O)N(C)C2CCOCC2)n1. The molecule has 1 aliphatic rings. The molecule has 2 heterocycles. The molecule has 0 unspecified atom stereocenters. The van der Waals surface area contributed by atoms with Gasteiger partial charge in [0.15, 0.2) is 0 Å². The second kappa shape index (κ2) is 5.82. The number of rotatable bonds is 3. The molecule has 1 amide bonds. The average Bonchev–Trinajstić information content (AvgIpc) is 2.46. The fraction of sp³-hybridized carbons (Fsp3) is 0.538. The lowest BCUT2D eigenvalue weighted by Gasteiger charge is -2.31. The van der Waals surface area contributed by atoms with E-state index in [0.29, 0.717) is 11.5 Å². The van der Waals surface area contributed by atoms with Crippen LogP contribution < -0.4 is 5.32 Å². The number of carbonyl (C=O) groups excluding carboxylic acids is 1. The predicted octanol–water partition coefficient (Wildman–Crippen LogP) is 1.37. The number of pyridine rings is 1. The Kier molecular flexibility index (Phi) is 4.15. The topological polar surface area (TPSA) is 54.5 Å². The van der Waals surface area contributed by atoms with Crippen LogP contribution in [0.25, 0.3) is 0 Å². The summed E-state index contributed by atoms with van der Waals surface area (Å²) in [4.78, 5) is 18.4. The number of anilines is 1. The molecule has 5 nitrogen and oxygen atoms in total. The first-order chi connectivity index (χ1) is 8.72. The Morgan fingerprint density at radius 1 is 1.44 bits per heavy atom. The summed E-state index contributed by atoms with van der Waals surface area (Å²) in [6.45, 7) is 1.46. The number of ether oxygens (including phenoxy) is 1. The fourth-order valence-electron chi connectivity index (χ4n) is 2.11. The Labute approximate surface area is 107 Å². The van der Waals surface area contributed by atoms with Crippen LogP contribution in [0.4, 0.5) is 5.82 Å². The minimum Gasteiger partial charge on any atom is -0.381 e. The highest BCUT2D eigenvalue weighted by atomic mass is 16.5. The van der Waals surface area contributed by atoms with Gasteiger partial charge in [0.05, 0.1) is 0 Å². The lowest BCUT2D eigenvalue weighted by molar-refractivity contribution is 0.0359. The van der Waals surface area contributed by atoms with Crippen LogP contribution in [0.2, 0.25) is 0 Å². The van der Waals surface area contributed by atoms with E-state index in [0.717, 1.165) is 26.1 Å². The fourth-order valence-corrected chi connectivity index (χ4v) is 2.11. The highest BCUT2D eigenvalue weighted by Gasteiger charge is 2.24. The largest absolute Gasteiger partial charge is 0.381 e. The summed E-state index contributed by atoms with van der Waals surface area (Å²) in [5.41, 5.74) is 0.482. The zero-order chi connectivity index (χ0) is 13.0. The van der Waals surface area contributed by atoms with Crippen LogP contribution in [-0.4, -0.2) is 49.1 Å². The Morgan fingerprint density at radius 3 is 2.83 bits per heavy atom. The van der Waals surface area contributed by atoms with Crippen molar-refractivity contribution in [1.29, 1.82) is 0 Å². The van der Waals surface area contributed by atoms with Gasteiger partial charge in [0.25, 0.3) is 5.91 Å². The van der Waals surface area contributed by atoms with Gasteiger partial charge in [-0.25, -0.2) is 4.98 Å². The minimum atomic E-state index is -0.0287. The van der Waals surface area contributed by atoms with Crippen LogP contribution in [-0.2, 0) is 4.74 Å². The molecule has 5 heteroatoms. The standard InChI is InChI=1S/C13H19N3O2/c1-14-12-5-3-4-11(15-12)13(17)16(2)10-6-8-18-9-7-10/h3-5,10H,6-9H2,1-2H3,(H,14,15). The van der Waals surface area contributed by atoms with E-state index in [9.17, 15) is 4.79 Å². The molecule has 18 heavy (non-hydrogen) atoms. The summed E-state index contributed by atoms with van der Waals surface area (Å²) in [5, 5.41) is 2.94. The predicted molar refractivity (Wildman–Crippen MR) is 69.7 cm³/mol. The molecule has 0 radical (unpaired) electrons. The van der Waals surface area contributed by atoms with E-state index < -0.39 is 0 Å². The van der Waals surface area contributed by atoms with Crippen molar-refractivity contribution in [2.75, 3.05) is 32.6 Å². The lowest BCUT2D eigenvalue weighted by Crippen LogP contribution is -2.40. The molecule has 0 aromatic carbocycles. The maximum atomic E-state index is 12.3. The van der Waals surface area contributed by atoms with Crippen molar-refractivity contribution in [2.45, 2.75) is 18.9 Å². The first-order valence-electron chi connectivity index (χ1n) is 6.22. The Hall–Kier alpha value is -1.62. The molecule has 1 aromatic rings. The number of nitrogens with zero attached hydrogens (tertiary/aromatic N) is 2. The third kappa shape index (κ3) is 2.79. The lowest BCUT2D eigenvalue weighted by atomic mass is 10.1. The molecular weight excluding hydrogens is 230 g/mol. The van der Waals surface area contributed by atoms with E-state index in [2.05, 4.69) is 10.3 Å². The molecular formula is C13H19N3O2. The van der Waals surface area contributed by atoms with Crippen molar-refractivity contribution in [2.24, 2.45) is 0 Å². The van der Waals surface area contributed by atoms with Crippen LogP contribution in [0.15, 0.2) is 18.2 Å². The number of hydrogen-bond donors (Lipinski definition) is 1. The van der Waals surface area contributed by atoms with Crippen LogP contribution in [0.3, 0.4) is 0 Å². The molecule has 1 aromatic heterocycles. The van der Waals surface area contributed by atoms with E-state index in [1.165, 1.54) is 0 Å². The summed E-state index contributed by atoms with van der Waals surface area (Å²) in [6, 6.07) is 5.68. The van der Waals surface area contributed by atoms with Crippen molar-refractivity contribution >= 4 is 11.7 Å². The van der Waals surface area contributed by atoms with Gasteiger partial charge < -0.3 is 15.0 Å². The van der Waals surface area contributed by atoms with Crippen LogP contribution in [0.5, 0.6) is 0 Å². The second-order valence-corrected chi connectivity index (χ2v) is 4.42. The number of nitrogens with one attached hydrogen (secondary N) is 1. The summed E-state index contributed by atoms with van der Waals surface area (Å²) in [7, 11) is 3.63. The third-order valence-corrected chi connectivity index (χ3v) is 3.28. The van der Waals surface area contributed by atoms with E-state index in [1.807, 2.05) is 19.2 Å². The Morgan fingerprint density at radius 2 is 2.17 bits per heavy atom. The minimum absolute atomic E-state index is 0.0287. The van der Waals surface area contributed by atoms with Gasteiger partial charge in [-0.15, -0.1) is 0 Å². The zero-order valence-electron chi connectivity index (χ0n) is 10.8. The van der Waals surface area contributed by atoms with Gasteiger partial charge in [0.1, 0.15) is 11.5 Å². The first-order valence-corrected chi connectivity index (χ1v) is 6.22. The smallest absolute Gasteiger partial charge is 0.272 e. The Balaban J connectivity index is 2.09. The zero-order valence-corrected chi connectivity index (χ0v) is 10.8. The highest BCUT2D eigenvalue weighted by molar-refractivity contribution is 5.92. The van der Waals surface area contributed by atoms with Crippen molar-refractivity contribution in [3.63, 3.8) is 0 Å². The maximum Gasteiger partial charge on any atom is 0.272 e. The van der Waals surface area contributed by atoms with Gasteiger partial charge >= 0.3 is 0 Å². The number of aromatic nitrogens is 1. The molecule has 0 bridgehead atoms. The third-order valence-electron chi connectivity index (χ3n) is 3.28.